The number of aromatic nitrogens is 2. The zero-order valence-corrected chi connectivity index (χ0v) is 27.6. The first-order chi connectivity index (χ1) is 23.1. The van der Waals surface area contributed by atoms with Crippen molar-refractivity contribution in [2.75, 3.05) is 40.6 Å². The molecule has 0 atom stereocenters. The van der Waals surface area contributed by atoms with Crippen LogP contribution in [0.4, 0.5) is 0 Å². The van der Waals surface area contributed by atoms with Crippen LogP contribution in [0.1, 0.15) is 42.4 Å². The highest BCUT2D eigenvalue weighted by Gasteiger charge is 2.21. The third-order valence-corrected chi connectivity index (χ3v) is 9.31. The minimum atomic E-state index is 0.406. The van der Waals surface area contributed by atoms with Crippen LogP contribution in [-0.2, 0) is 22.6 Å². The molecule has 2 aliphatic rings. The molecule has 2 N–H and O–H groups in total. The quantitative estimate of drug-likeness (QED) is 0.186. The van der Waals surface area contributed by atoms with Gasteiger partial charge in [0.15, 0.2) is 0 Å². The number of pyridine rings is 2. The highest BCUT2D eigenvalue weighted by atomic mass is 35.5. The Kier molecular flexibility index (Phi) is 11.0. The molecule has 0 saturated carbocycles. The number of hydrogen-bond donors (Lipinski definition) is 2. The minimum Gasteiger partial charge on any atom is -0.496 e. The smallest absolute Gasteiger partial charge is 0.218 e. The number of ether oxygens (including phenoxy) is 4. The molecule has 2 saturated heterocycles. The molecule has 0 radical (unpaired) electrons. The number of nitrogens with zero attached hydrogens (tertiary/aromatic N) is 3. The standard InChI is InChI=1S/C37H40ClN5O4/c1-44-34-20-24(6-7-25(34)22-41-27-11-16-46-17-12-27)36-35(38)31(10-15-40-36)29-4-3-5-30(32(29)21-39)33-9-8-26(37(43-33)45-2)23-42-28-13-18-47-19-14-28/h3-10,15,20,27-28,41-42H,11-14,16-19,22-23H2,1-2H3. The highest BCUT2D eigenvalue weighted by Crippen LogP contribution is 2.40. The van der Waals surface area contributed by atoms with Crippen molar-refractivity contribution < 1.29 is 18.9 Å². The molecule has 6 rings (SSSR count). The zero-order valence-electron chi connectivity index (χ0n) is 26.9. The van der Waals surface area contributed by atoms with Crippen molar-refractivity contribution in [3.63, 3.8) is 0 Å². The zero-order chi connectivity index (χ0) is 32.6. The second kappa shape index (κ2) is 15.7. The van der Waals surface area contributed by atoms with Gasteiger partial charge >= 0.3 is 0 Å². The van der Waals surface area contributed by atoms with Gasteiger partial charge in [-0.3, -0.25) is 4.98 Å². The van der Waals surface area contributed by atoms with E-state index in [4.69, 9.17) is 35.5 Å². The maximum Gasteiger partial charge on any atom is 0.218 e. The van der Waals surface area contributed by atoms with E-state index in [9.17, 15) is 5.26 Å². The van der Waals surface area contributed by atoms with Gasteiger partial charge in [0, 0.05) is 91.2 Å². The predicted octanol–water partition coefficient (Wildman–Crippen LogP) is 6.56. The van der Waals surface area contributed by atoms with Crippen LogP contribution >= 0.6 is 11.6 Å². The molecule has 0 aliphatic carbocycles. The van der Waals surface area contributed by atoms with Gasteiger partial charge < -0.3 is 29.6 Å². The molecule has 2 aromatic carbocycles. The lowest BCUT2D eigenvalue weighted by Crippen LogP contribution is -2.34. The van der Waals surface area contributed by atoms with Crippen LogP contribution in [0.2, 0.25) is 5.02 Å². The molecule has 0 bridgehead atoms. The Morgan fingerprint density at radius 3 is 2.15 bits per heavy atom. The SMILES string of the molecule is COc1cc(-c2nccc(-c3cccc(-c4ccc(CNC5CCOCC5)c(OC)n4)c3C#N)c2Cl)ccc1CNC1CCOCC1. The largest absolute Gasteiger partial charge is 0.496 e. The molecule has 244 valence electrons. The Hall–Kier alpha value is -4.04. The summed E-state index contributed by atoms with van der Waals surface area (Å²) in [7, 11) is 3.29. The van der Waals surface area contributed by atoms with Crippen molar-refractivity contribution in [1.29, 1.82) is 5.26 Å². The van der Waals surface area contributed by atoms with Gasteiger partial charge in [0.05, 0.1) is 36.2 Å². The van der Waals surface area contributed by atoms with E-state index in [1.165, 1.54) is 0 Å². The average molecular weight is 654 g/mol. The number of hydrogen-bond acceptors (Lipinski definition) is 9. The summed E-state index contributed by atoms with van der Waals surface area (Å²) in [4.78, 5) is 9.46. The minimum absolute atomic E-state index is 0.406. The Morgan fingerprint density at radius 1 is 0.830 bits per heavy atom. The van der Waals surface area contributed by atoms with Crippen molar-refractivity contribution in [3.05, 3.63) is 82.5 Å². The molecule has 47 heavy (non-hydrogen) atoms. The number of halogens is 1. The number of rotatable bonds is 11. The fourth-order valence-electron chi connectivity index (χ4n) is 6.24. The molecule has 2 fully saturated rings. The van der Waals surface area contributed by atoms with Crippen LogP contribution in [0, 0.1) is 11.3 Å². The molecule has 4 heterocycles. The second-order valence-corrected chi connectivity index (χ2v) is 12.2. The molecular formula is C37H40ClN5O4. The number of nitrogens with one attached hydrogen (secondary N) is 2. The van der Waals surface area contributed by atoms with Crippen molar-refractivity contribution >= 4 is 11.6 Å². The first-order valence-electron chi connectivity index (χ1n) is 16.1. The van der Waals surface area contributed by atoms with Crippen LogP contribution in [0.25, 0.3) is 33.6 Å². The van der Waals surface area contributed by atoms with Crippen molar-refractivity contribution in [2.45, 2.75) is 50.9 Å². The van der Waals surface area contributed by atoms with Crippen molar-refractivity contribution in [2.24, 2.45) is 0 Å². The van der Waals surface area contributed by atoms with Gasteiger partial charge in [0.25, 0.3) is 0 Å². The van der Waals surface area contributed by atoms with Crippen LogP contribution in [0.15, 0.2) is 60.8 Å². The van der Waals surface area contributed by atoms with E-state index in [1.807, 2.05) is 54.6 Å². The van der Waals surface area contributed by atoms with Gasteiger partial charge in [-0.2, -0.15) is 5.26 Å². The van der Waals surface area contributed by atoms with Crippen LogP contribution < -0.4 is 20.1 Å². The normalized spacial score (nSPS) is 15.7. The molecule has 2 aromatic heterocycles. The summed E-state index contributed by atoms with van der Waals surface area (Å²) in [6.07, 6.45) is 5.69. The van der Waals surface area contributed by atoms with E-state index in [0.29, 0.717) is 69.7 Å². The number of nitriles is 1. The van der Waals surface area contributed by atoms with Crippen LogP contribution in [-0.4, -0.2) is 62.7 Å². The molecule has 2 aliphatic heterocycles. The second-order valence-electron chi connectivity index (χ2n) is 11.8. The maximum absolute atomic E-state index is 10.4. The summed E-state index contributed by atoms with van der Waals surface area (Å²) in [5, 5.41) is 18.1. The molecular weight excluding hydrogens is 614 g/mol. The monoisotopic (exact) mass is 653 g/mol. The molecule has 4 aromatic rings. The lowest BCUT2D eigenvalue weighted by atomic mass is 9.93. The lowest BCUT2D eigenvalue weighted by Gasteiger charge is -2.23. The van der Waals surface area contributed by atoms with E-state index in [-0.39, 0.29) is 0 Å². The van der Waals surface area contributed by atoms with Crippen molar-refractivity contribution in [3.8, 4) is 51.3 Å². The predicted molar refractivity (Wildman–Crippen MR) is 183 cm³/mol. The van der Waals surface area contributed by atoms with E-state index >= 15 is 0 Å². The molecule has 9 nitrogen and oxygen atoms in total. The Bertz CT molecular complexity index is 1730. The van der Waals surface area contributed by atoms with Gasteiger partial charge in [0.1, 0.15) is 11.8 Å². The Balaban J connectivity index is 1.27. The number of methoxy groups -OCH3 is 2. The summed E-state index contributed by atoms with van der Waals surface area (Å²) in [5.41, 5.74) is 6.69. The third kappa shape index (κ3) is 7.59. The first kappa shape index (κ1) is 32.9. The van der Waals surface area contributed by atoms with Crippen LogP contribution in [0.3, 0.4) is 0 Å². The Labute approximate surface area is 281 Å². The van der Waals surface area contributed by atoms with Crippen molar-refractivity contribution in [1.82, 2.24) is 20.6 Å². The van der Waals surface area contributed by atoms with Gasteiger partial charge in [-0.15, -0.1) is 0 Å². The average Bonchev–Trinajstić information content (AvgIpc) is 3.13. The summed E-state index contributed by atoms with van der Waals surface area (Å²) in [6.45, 7) is 4.46. The molecule has 0 unspecified atom stereocenters. The molecule has 0 spiro atoms. The number of benzene rings is 2. The van der Waals surface area contributed by atoms with E-state index < -0.39 is 0 Å². The summed E-state index contributed by atoms with van der Waals surface area (Å²) in [5.74, 6) is 1.29. The van der Waals surface area contributed by atoms with Gasteiger partial charge in [-0.25, -0.2) is 4.98 Å². The summed E-state index contributed by atoms with van der Waals surface area (Å²) >= 11 is 7.08. The topological polar surface area (TPSA) is 111 Å². The highest BCUT2D eigenvalue weighted by molar-refractivity contribution is 6.35. The van der Waals surface area contributed by atoms with Gasteiger partial charge in [-0.1, -0.05) is 48.0 Å². The molecule has 10 heteroatoms. The van der Waals surface area contributed by atoms with Crippen LogP contribution in [0.5, 0.6) is 11.6 Å². The third-order valence-electron chi connectivity index (χ3n) is 8.93. The molecule has 0 amide bonds. The summed E-state index contributed by atoms with van der Waals surface area (Å²) < 4.78 is 22.4. The van der Waals surface area contributed by atoms with Gasteiger partial charge in [-0.05, 0) is 43.9 Å². The fourth-order valence-corrected chi connectivity index (χ4v) is 6.57. The maximum atomic E-state index is 10.4. The lowest BCUT2D eigenvalue weighted by molar-refractivity contribution is 0.0774. The fraction of sp³-hybridized carbons (Fsp3) is 0.378. The Morgan fingerprint density at radius 2 is 1.49 bits per heavy atom. The van der Waals surface area contributed by atoms with E-state index in [0.717, 1.165) is 74.6 Å². The van der Waals surface area contributed by atoms with Gasteiger partial charge in [0.2, 0.25) is 5.88 Å². The van der Waals surface area contributed by atoms with E-state index in [1.54, 1.807) is 20.4 Å². The summed E-state index contributed by atoms with van der Waals surface area (Å²) in [6, 6.07) is 20.8. The first-order valence-corrected chi connectivity index (χ1v) is 16.5. The van der Waals surface area contributed by atoms with E-state index in [2.05, 4.69) is 21.7 Å².